The number of carbonyl (C=O) groups is 1. The molecule has 0 bridgehead atoms. The minimum atomic E-state index is -4.60. The van der Waals surface area contributed by atoms with E-state index in [1.165, 1.54) is 7.11 Å². The number of benzene rings is 1. The number of halogens is 3. The molecule has 2 saturated heterocycles. The summed E-state index contributed by atoms with van der Waals surface area (Å²) in [6.45, 7) is 5.21. The Bertz CT molecular complexity index is 1420. The molecule has 0 spiro atoms. The number of rotatable bonds is 8. The first-order valence-corrected chi connectivity index (χ1v) is 13.3. The number of nitrogens with one attached hydrogen (secondary N) is 3. The van der Waals surface area contributed by atoms with Crippen LogP contribution in [0.15, 0.2) is 18.3 Å². The third-order valence-electron chi connectivity index (χ3n) is 7.34. The van der Waals surface area contributed by atoms with E-state index in [9.17, 15) is 18.0 Å². The van der Waals surface area contributed by atoms with Gasteiger partial charge >= 0.3 is 6.18 Å². The maximum absolute atomic E-state index is 13.7. The minimum Gasteiger partial charge on any atom is -0.485 e. The lowest BCUT2D eigenvalue weighted by molar-refractivity contribution is -0.136. The molecule has 0 atom stereocenters. The highest BCUT2D eigenvalue weighted by molar-refractivity contribution is 5.99. The zero-order chi connectivity index (χ0) is 28.6. The number of aromatic nitrogens is 3. The van der Waals surface area contributed by atoms with Gasteiger partial charge in [-0.2, -0.15) is 23.1 Å². The smallest absolute Gasteiger partial charge is 0.418 e. The summed E-state index contributed by atoms with van der Waals surface area (Å²) in [5.74, 6) is 0.483. The van der Waals surface area contributed by atoms with Crippen LogP contribution in [-0.4, -0.2) is 110 Å². The molecule has 1 amide bonds. The highest BCUT2D eigenvalue weighted by atomic mass is 19.4. The molecule has 0 unspecified atom stereocenters. The summed E-state index contributed by atoms with van der Waals surface area (Å²) in [6, 6.07) is 3.73. The Morgan fingerprint density at radius 1 is 1.12 bits per heavy atom. The number of amides is 1. The van der Waals surface area contributed by atoms with E-state index in [2.05, 4.69) is 30.5 Å². The number of nitrogens with zero attached hydrogens (tertiary/aromatic N) is 4. The fourth-order valence-corrected chi connectivity index (χ4v) is 5.13. The normalized spacial score (nSPS) is 17.9. The van der Waals surface area contributed by atoms with Crippen LogP contribution >= 0.6 is 0 Å². The molecular weight excluding hydrogens is 547 g/mol. The Kier molecular flexibility index (Phi) is 7.48. The van der Waals surface area contributed by atoms with Crippen LogP contribution in [0.1, 0.15) is 15.9 Å². The molecule has 3 aliphatic rings. The van der Waals surface area contributed by atoms with E-state index >= 15 is 0 Å². The first-order chi connectivity index (χ1) is 19.8. The van der Waals surface area contributed by atoms with E-state index in [0.717, 1.165) is 32.5 Å². The first-order valence-electron chi connectivity index (χ1n) is 13.3. The van der Waals surface area contributed by atoms with Crippen molar-refractivity contribution in [1.82, 2.24) is 24.8 Å². The number of H-pyrrole nitrogens is 1. The Labute approximate surface area is 233 Å². The predicted molar refractivity (Wildman–Crippen MR) is 142 cm³/mol. The molecule has 15 heteroatoms. The van der Waals surface area contributed by atoms with Gasteiger partial charge < -0.3 is 39.5 Å². The van der Waals surface area contributed by atoms with Crippen LogP contribution in [0.2, 0.25) is 0 Å². The van der Waals surface area contributed by atoms with Gasteiger partial charge in [0.05, 0.1) is 48.1 Å². The fraction of sp³-hybridized carbons (Fsp3) is 0.500. The average molecular weight is 578 g/mol. The standard InChI is InChI=1S/C26H30F3N7O5/c1-38-9-4-30-22-19-17(26(27,28)29)12-31-23(19)34-25(33-22)32-18-3-2-16(20-21(18)41-11-10-40-20)24(37)36-7-5-35(6-8-36)15-13-39-14-15/h2-3,12,15H,4-11,13-14H2,1H3,(H3,30,31,32,33,34). The van der Waals surface area contributed by atoms with Crippen molar-refractivity contribution in [3.8, 4) is 11.5 Å². The number of alkyl halides is 3. The second-order valence-electron chi connectivity index (χ2n) is 9.90. The van der Waals surface area contributed by atoms with Crippen LogP contribution in [0.5, 0.6) is 11.5 Å². The molecule has 220 valence electrons. The van der Waals surface area contributed by atoms with E-state index < -0.39 is 11.7 Å². The van der Waals surface area contributed by atoms with Gasteiger partial charge in [0.1, 0.15) is 24.7 Å². The second-order valence-corrected chi connectivity index (χ2v) is 9.90. The third-order valence-corrected chi connectivity index (χ3v) is 7.34. The number of ether oxygens (including phenoxy) is 4. The van der Waals surface area contributed by atoms with Gasteiger partial charge in [-0.05, 0) is 12.1 Å². The van der Waals surface area contributed by atoms with Gasteiger partial charge in [-0.3, -0.25) is 9.69 Å². The van der Waals surface area contributed by atoms with Crippen LogP contribution in [-0.2, 0) is 15.7 Å². The Hall–Kier alpha value is -3.82. The van der Waals surface area contributed by atoms with E-state index in [1.54, 1.807) is 17.0 Å². The van der Waals surface area contributed by atoms with E-state index in [0.29, 0.717) is 41.9 Å². The summed E-state index contributed by atoms with van der Waals surface area (Å²) in [5.41, 5.74) is -0.0861. The summed E-state index contributed by atoms with van der Waals surface area (Å²) < 4.78 is 63.1. The van der Waals surface area contributed by atoms with Crippen LogP contribution in [0, 0.1) is 0 Å². The molecule has 5 heterocycles. The number of fused-ring (bicyclic) bond motifs is 2. The van der Waals surface area contributed by atoms with Crippen molar-refractivity contribution >= 4 is 34.4 Å². The molecule has 12 nitrogen and oxygen atoms in total. The molecule has 2 aromatic heterocycles. The van der Waals surface area contributed by atoms with Crippen LogP contribution in [0.4, 0.5) is 30.6 Å². The average Bonchev–Trinajstić information content (AvgIpc) is 3.38. The Morgan fingerprint density at radius 2 is 1.88 bits per heavy atom. The maximum Gasteiger partial charge on any atom is 0.418 e. The SMILES string of the molecule is COCCNc1nc(Nc2ccc(C(=O)N3CCN(C4COC4)CC3)c3c2OCCO3)nc2[nH]cc(C(F)(F)F)c12. The van der Waals surface area contributed by atoms with Crippen molar-refractivity contribution in [2.75, 3.05) is 83.5 Å². The zero-order valence-corrected chi connectivity index (χ0v) is 22.3. The van der Waals surface area contributed by atoms with Gasteiger partial charge in [0.15, 0.2) is 11.5 Å². The quantitative estimate of drug-likeness (QED) is 0.344. The summed E-state index contributed by atoms with van der Waals surface area (Å²) in [6.07, 6.45) is -3.73. The van der Waals surface area contributed by atoms with E-state index in [-0.39, 0.29) is 55.1 Å². The molecule has 0 saturated carbocycles. The molecule has 0 aliphatic carbocycles. The highest BCUT2D eigenvalue weighted by Crippen LogP contribution is 2.43. The molecule has 1 aromatic carbocycles. The van der Waals surface area contributed by atoms with Gasteiger partial charge in [-0.1, -0.05) is 0 Å². The largest absolute Gasteiger partial charge is 0.485 e. The molecule has 3 aromatic rings. The van der Waals surface area contributed by atoms with Gasteiger partial charge in [0.25, 0.3) is 5.91 Å². The molecule has 3 N–H and O–H groups in total. The first kappa shape index (κ1) is 27.4. The molecule has 2 fully saturated rings. The van der Waals surface area contributed by atoms with Crippen molar-refractivity contribution in [2.45, 2.75) is 12.2 Å². The third kappa shape index (κ3) is 5.44. The monoisotopic (exact) mass is 577 g/mol. The minimum absolute atomic E-state index is 0.000168. The van der Waals surface area contributed by atoms with E-state index in [4.69, 9.17) is 18.9 Å². The fourth-order valence-electron chi connectivity index (χ4n) is 5.13. The number of hydrogen-bond acceptors (Lipinski definition) is 10. The van der Waals surface area contributed by atoms with Gasteiger partial charge in [0, 0.05) is 46.0 Å². The molecule has 0 radical (unpaired) electrons. The van der Waals surface area contributed by atoms with Crippen molar-refractivity contribution in [3.63, 3.8) is 0 Å². The topological polar surface area (TPSA) is 126 Å². The highest BCUT2D eigenvalue weighted by Gasteiger charge is 2.36. The number of carbonyl (C=O) groups excluding carboxylic acids is 1. The summed E-state index contributed by atoms with van der Waals surface area (Å²) in [5, 5.41) is 5.76. The molecule has 6 rings (SSSR count). The number of methoxy groups -OCH3 is 1. The summed E-state index contributed by atoms with van der Waals surface area (Å²) >= 11 is 0. The lowest BCUT2D eigenvalue weighted by atomic mass is 10.1. The van der Waals surface area contributed by atoms with Gasteiger partial charge in [-0.15, -0.1) is 0 Å². The lowest BCUT2D eigenvalue weighted by Gasteiger charge is -2.42. The van der Waals surface area contributed by atoms with Crippen LogP contribution in [0.25, 0.3) is 11.0 Å². The van der Waals surface area contributed by atoms with Gasteiger partial charge in [0.2, 0.25) is 5.95 Å². The molecule has 41 heavy (non-hydrogen) atoms. The van der Waals surface area contributed by atoms with Crippen LogP contribution < -0.4 is 20.1 Å². The second kappa shape index (κ2) is 11.2. The van der Waals surface area contributed by atoms with Crippen molar-refractivity contribution in [2.24, 2.45) is 0 Å². The van der Waals surface area contributed by atoms with Crippen molar-refractivity contribution in [1.29, 1.82) is 0 Å². The molecular formula is C26H30F3N7O5. The number of anilines is 3. The van der Waals surface area contributed by atoms with Crippen LogP contribution in [0.3, 0.4) is 0 Å². The Balaban J connectivity index is 1.27. The number of piperazine rings is 1. The maximum atomic E-state index is 13.7. The zero-order valence-electron chi connectivity index (χ0n) is 22.3. The lowest BCUT2D eigenvalue weighted by Crippen LogP contribution is -2.57. The predicted octanol–water partition coefficient (Wildman–Crippen LogP) is 2.71. The Morgan fingerprint density at radius 3 is 2.56 bits per heavy atom. The molecule has 3 aliphatic heterocycles. The number of aromatic amines is 1. The number of hydrogen-bond donors (Lipinski definition) is 3. The van der Waals surface area contributed by atoms with Crippen molar-refractivity contribution < 1.29 is 36.9 Å². The van der Waals surface area contributed by atoms with E-state index in [1.807, 2.05) is 0 Å². The van der Waals surface area contributed by atoms with Crippen molar-refractivity contribution in [3.05, 3.63) is 29.5 Å². The van der Waals surface area contributed by atoms with Gasteiger partial charge in [-0.25, -0.2) is 0 Å². The summed E-state index contributed by atoms with van der Waals surface area (Å²) in [7, 11) is 1.49. The summed E-state index contributed by atoms with van der Waals surface area (Å²) in [4.78, 5) is 28.8.